The lowest BCUT2D eigenvalue weighted by atomic mass is 10.1. The predicted octanol–water partition coefficient (Wildman–Crippen LogP) is 3.36. The van der Waals surface area contributed by atoms with Gasteiger partial charge in [-0.1, -0.05) is 40.9 Å². The molecular formula is C18H15Cl3N2O4. The van der Waals surface area contributed by atoms with E-state index in [-0.39, 0.29) is 12.2 Å². The van der Waals surface area contributed by atoms with E-state index in [2.05, 4.69) is 5.32 Å². The molecule has 3 N–H and O–H groups in total. The molecule has 0 aliphatic carbocycles. The lowest BCUT2D eigenvalue weighted by molar-refractivity contribution is -0.148. The highest BCUT2D eigenvalue weighted by Gasteiger charge is 2.25. The third-order valence-corrected chi connectivity index (χ3v) is 4.46. The zero-order valence-electron chi connectivity index (χ0n) is 13.9. The largest absolute Gasteiger partial charge is 0.459 e. The van der Waals surface area contributed by atoms with Crippen LogP contribution < -0.4 is 11.1 Å². The van der Waals surface area contributed by atoms with Gasteiger partial charge in [-0.05, 0) is 42.0 Å². The second-order valence-electron chi connectivity index (χ2n) is 5.56. The number of carbonyl (C=O) groups is 3. The number of amides is 2. The molecule has 0 bridgehead atoms. The lowest BCUT2D eigenvalue weighted by Gasteiger charge is -2.16. The first kappa shape index (κ1) is 21.0. The van der Waals surface area contributed by atoms with Crippen LogP contribution >= 0.6 is 34.8 Å². The quantitative estimate of drug-likeness (QED) is 0.659. The van der Waals surface area contributed by atoms with Gasteiger partial charge in [0.2, 0.25) is 5.91 Å². The SMILES string of the molecule is NC(=O)CC(NC(=O)c1ccc(Cl)cc1)C(=O)OCc1ccc(Cl)c(Cl)c1. The molecular weight excluding hydrogens is 415 g/mol. The van der Waals surface area contributed by atoms with Gasteiger partial charge in [-0.15, -0.1) is 0 Å². The number of hydrogen-bond donors (Lipinski definition) is 2. The Morgan fingerprint density at radius 3 is 2.26 bits per heavy atom. The van der Waals surface area contributed by atoms with Gasteiger partial charge in [-0.3, -0.25) is 9.59 Å². The molecule has 0 aromatic heterocycles. The van der Waals surface area contributed by atoms with Gasteiger partial charge in [0, 0.05) is 10.6 Å². The maximum Gasteiger partial charge on any atom is 0.329 e. The Kier molecular flexibility index (Phi) is 7.47. The van der Waals surface area contributed by atoms with Crippen LogP contribution in [0.1, 0.15) is 22.3 Å². The molecule has 6 nitrogen and oxygen atoms in total. The van der Waals surface area contributed by atoms with Crippen molar-refractivity contribution < 1.29 is 19.1 Å². The van der Waals surface area contributed by atoms with Gasteiger partial charge >= 0.3 is 5.97 Å². The lowest BCUT2D eigenvalue weighted by Crippen LogP contribution is -2.44. The first-order valence-electron chi connectivity index (χ1n) is 7.71. The summed E-state index contributed by atoms with van der Waals surface area (Å²) in [6.07, 6.45) is -0.403. The molecule has 0 saturated heterocycles. The smallest absolute Gasteiger partial charge is 0.329 e. The van der Waals surface area contributed by atoms with Crippen molar-refractivity contribution in [3.63, 3.8) is 0 Å². The Bertz CT molecular complexity index is 856. The Morgan fingerprint density at radius 1 is 1.00 bits per heavy atom. The number of rotatable bonds is 7. The molecule has 0 aliphatic rings. The minimum absolute atomic E-state index is 0.109. The van der Waals surface area contributed by atoms with Crippen molar-refractivity contribution in [1.82, 2.24) is 5.32 Å². The summed E-state index contributed by atoms with van der Waals surface area (Å²) in [6, 6.07) is 9.55. The van der Waals surface area contributed by atoms with Gasteiger partial charge in [0.05, 0.1) is 16.5 Å². The van der Waals surface area contributed by atoms with E-state index in [0.717, 1.165) is 0 Å². The van der Waals surface area contributed by atoms with Crippen LogP contribution in [0.4, 0.5) is 0 Å². The van der Waals surface area contributed by atoms with Gasteiger partial charge in [0.15, 0.2) is 0 Å². The fourth-order valence-electron chi connectivity index (χ4n) is 2.12. The van der Waals surface area contributed by atoms with Crippen LogP contribution in [0.2, 0.25) is 15.1 Å². The first-order chi connectivity index (χ1) is 12.8. The van der Waals surface area contributed by atoms with Crippen molar-refractivity contribution in [3.8, 4) is 0 Å². The van der Waals surface area contributed by atoms with E-state index in [1.54, 1.807) is 18.2 Å². The van der Waals surface area contributed by atoms with Crippen molar-refractivity contribution in [1.29, 1.82) is 0 Å². The summed E-state index contributed by atoms with van der Waals surface area (Å²) in [4.78, 5) is 35.8. The van der Waals surface area contributed by atoms with Crippen LogP contribution in [0.25, 0.3) is 0 Å². The van der Waals surface area contributed by atoms with E-state index in [4.69, 9.17) is 45.3 Å². The molecule has 0 fully saturated rings. The average molecular weight is 430 g/mol. The molecule has 142 valence electrons. The number of ether oxygens (including phenoxy) is 1. The molecule has 2 aromatic rings. The molecule has 0 saturated carbocycles. The summed E-state index contributed by atoms with van der Waals surface area (Å²) >= 11 is 17.5. The summed E-state index contributed by atoms with van der Waals surface area (Å²) in [5, 5.41) is 3.58. The molecule has 0 aliphatic heterocycles. The standard InChI is InChI=1S/C18H15Cl3N2O4/c19-12-4-2-11(3-5-12)17(25)23-15(8-16(22)24)18(26)27-9-10-1-6-13(20)14(21)7-10/h1-7,15H,8-9H2,(H2,22,24)(H,23,25). The molecule has 0 radical (unpaired) electrons. The van der Waals surface area contributed by atoms with E-state index in [9.17, 15) is 14.4 Å². The second-order valence-corrected chi connectivity index (χ2v) is 6.81. The van der Waals surface area contributed by atoms with E-state index in [0.29, 0.717) is 20.6 Å². The maximum atomic E-state index is 12.3. The molecule has 0 spiro atoms. The minimum Gasteiger partial charge on any atom is -0.459 e. The maximum absolute atomic E-state index is 12.3. The highest BCUT2D eigenvalue weighted by atomic mass is 35.5. The first-order valence-corrected chi connectivity index (χ1v) is 8.85. The fraction of sp³-hybridized carbons (Fsp3) is 0.167. The molecule has 0 heterocycles. The highest BCUT2D eigenvalue weighted by molar-refractivity contribution is 6.42. The van der Waals surface area contributed by atoms with Crippen molar-refractivity contribution in [2.75, 3.05) is 0 Å². The second kappa shape index (κ2) is 9.60. The van der Waals surface area contributed by atoms with Crippen LogP contribution in [-0.4, -0.2) is 23.8 Å². The molecule has 1 unspecified atom stereocenters. The van der Waals surface area contributed by atoms with E-state index in [1.165, 1.54) is 24.3 Å². The number of esters is 1. The zero-order chi connectivity index (χ0) is 20.0. The summed E-state index contributed by atoms with van der Waals surface area (Å²) in [5.74, 6) is -2.13. The third-order valence-electron chi connectivity index (χ3n) is 3.47. The van der Waals surface area contributed by atoms with Gasteiger partial charge < -0.3 is 15.8 Å². The Hall–Kier alpha value is -2.28. The summed E-state index contributed by atoms with van der Waals surface area (Å²) < 4.78 is 5.16. The fourth-order valence-corrected chi connectivity index (χ4v) is 2.57. The molecule has 1 atom stereocenters. The zero-order valence-corrected chi connectivity index (χ0v) is 16.1. The van der Waals surface area contributed by atoms with Crippen molar-refractivity contribution in [2.45, 2.75) is 19.1 Å². The predicted molar refractivity (Wildman–Crippen MR) is 103 cm³/mol. The molecule has 9 heteroatoms. The van der Waals surface area contributed by atoms with Crippen LogP contribution in [0, 0.1) is 0 Å². The normalized spacial score (nSPS) is 11.5. The number of nitrogens with one attached hydrogen (secondary N) is 1. The summed E-state index contributed by atoms with van der Waals surface area (Å²) in [7, 11) is 0. The summed E-state index contributed by atoms with van der Waals surface area (Å²) in [6.45, 7) is -0.109. The number of hydrogen-bond acceptors (Lipinski definition) is 4. The molecule has 27 heavy (non-hydrogen) atoms. The minimum atomic E-state index is -1.23. The molecule has 2 amide bonds. The van der Waals surface area contributed by atoms with E-state index >= 15 is 0 Å². The number of primary amides is 1. The van der Waals surface area contributed by atoms with Gasteiger partial charge in [0.25, 0.3) is 5.91 Å². The number of nitrogens with two attached hydrogens (primary N) is 1. The molecule has 2 aromatic carbocycles. The van der Waals surface area contributed by atoms with Gasteiger partial charge in [-0.2, -0.15) is 0 Å². The number of halogens is 3. The average Bonchev–Trinajstić information content (AvgIpc) is 2.62. The topological polar surface area (TPSA) is 98.5 Å². The van der Waals surface area contributed by atoms with E-state index < -0.39 is 30.2 Å². The Labute approximate surface area is 170 Å². The van der Waals surface area contributed by atoms with E-state index in [1.807, 2.05) is 0 Å². The van der Waals surface area contributed by atoms with Gasteiger partial charge in [-0.25, -0.2) is 4.79 Å². The van der Waals surface area contributed by atoms with Crippen LogP contribution in [0.5, 0.6) is 0 Å². The number of benzene rings is 2. The molecule has 2 rings (SSSR count). The highest BCUT2D eigenvalue weighted by Crippen LogP contribution is 2.23. The van der Waals surface area contributed by atoms with Crippen molar-refractivity contribution >= 4 is 52.6 Å². The van der Waals surface area contributed by atoms with Crippen LogP contribution in [-0.2, 0) is 20.9 Å². The third kappa shape index (κ3) is 6.43. The Balaban J connectivity index is 2.04. The van der Waals surface area contributed by atoms with Gasteiger partial charge in [0.1, 0.15) is 12.6 Å². The van der Waals surface area contributed by atoms with Crippen molar-refractivity contribution in [2.24, 2.45) is 5.73 Å². The summed E-state index contributed by atoms with van der Waals surface area (Å²) in [5.41, 5.74) is 6.03. The Morgan fingerprint density at radius 2 is 1.67 bits per heavy atom. The number of carbonyl (C=O) groups excluding carboxylic acids is 3. The van der Waals surface area contributed by atoms with Crippen molar-refractivity contribution in [3.05, 3.63) is 68.7 Å². The van der Waals surface area contributed by atoms with Crippen LogP contribution in [0.3, 0.4) is 0 Å². The monoisotopic (exact) mass is 428 g/mol. The van der Waals surface area contributed by atoms with Crippen LogP contribution in [0.15, 0.2) is 42.5 Å².